The van der Waals surface area contributed by atoms with Crippen molar-refractivity contribution >= 4 is 5.97 Å². The maximum atomic E-state index is 11.9. The van der Waals surface area contributed by atoms with Gasteiger partial charge in [-0.3, -0.25) is 0 Å². The fourth-order valence-electron chi connectivity index (χ4n) is 1.99. The van der Waals surface area contributed by atoms with Gasteiger partial charge in [0.15, 0.2) is 18.1 Å². The number of nitrogens with zero attached hydrogens (tertiary/aromatic N) is 1. The summed E-state index contributed by atoms with van der Waals surface area (Å²) in [6, 6.07) is 12.2. The third-order valence-corrected chi connectivity index (χ3v) is 3.42. The molecule has 0 amide bonds. The molecule has 2 rings (SSSR count). The van der Waals surface area contributed by atoms with Crippen molar-refractivity contribution in [3.05, 3.63) is 53.1 Å². The highest BCUT2D eigenvalue weighted by atomic mass is 16.6. The molecule has 118 valence electrons. The van der Waals surface area contributed by atoms with Crippen LogP contribution in [0.5, 0.6) is 17.2 Å². The van der Waals surface area contributed by atoms with Gasteiger partial charge in [-0.1, -0.05) is 12.1 Å². The van der Waals surface area contributed by atoms with Crippen molar-refractivity contribution in [2.75, 3.05) is 13.7 Å². The Bertz CT molecular complexity index is 762. The SMILES string of the molecule is COc1cc(C#N)ccc1OC(=O)COc1cccc(C)c1C. The molecule has 2 aromatic carbocycles. The van der Waals surface area contributed by atoms with Crippen LogP contribution in [-0.2, 0) is 4.79 Å². The van der Waals surface area contributed by atoms with Crippen molar-refractivity contribution < 1.29 is 19.0 Å². The van der Waals surface area contributed by atoms with Gasteiger partial charge in [-0.05, 0) is 43.2 Å². The molecule has 0 fully saturated rings. The third-order valence-electron chi connectivity index (χ3n) is 3.42. The van der Waals surface area contributed by atoms with Crippen LogP contribution in [0.15, 0.2) is 36.4 Å². The van der Waals surface area contributed by atoms with Crippen molar-refractivity contribution in [3.63, 3.8) is 0 Å². The van der Waals surface area contributed by atoms with Crippen molar-refractivity contribution in [2.24, 2.45) is 0 Å². The number of methoxy groups -OCH3 is 1. The maximum Gasteiger partial charge on any atom is 0.349 e. The summed E-state index contributed by atoms with van der Waals surface area (Å²) in [6.45, 7) is 3.69. The van der Waals surface area contributed by atoms with Crippen LogP contribution in [0.3, 0.4) is 0 Å². The van der Waals surface area contributed by atoms with Gasteiger partial charge in [-0.25, -0.2) is 4.79 Å². The van der Waals surface area contributed by atoms with E-state index >= 15 is 0 Å². The average molecular weight is 311 g/mol. The molecule has 0 saturated carbocycles. The van der Waals surface area contributed by atoms with Crippen molar-refractivity contribution in [1.29, 1.82) is 5.26 Å². The van der Waals surface area contributed by atoms with Crippen LogP contribution in [0.25, 0.3) is 0 Å². The highest BCUT2D eigenvalue weighted by Crippen LogP contribution is 2.28. The summed E-state index contributed by atoms with van der Waals surface area (Å²) in [6.07, 6.45) is 0. The summed E-state index contributed by atoms with van der Waals surface area (Å²) in [5.74, 6) is 0.674. The van der Waals surface area contributed by atoms with E-state index in [1.165, 1.54) is 19.2 Å². The number of esters is 1. The monoisotopic (exact) mass is 311 g/mol. The number of hydrogen-bond acceptors (Lipinski definition) is 5. The number of carbonyl (C=O) groups excluding carboxylic acids is 1. The normalized spacial score (nSPS) is 9.83. The molecule has 5 heteroatoms. The van der Waals surface area contributed by atoms with E-state index in [-0.39, 0.29) is 12.4 Å². The summed E-state index contributed by atoms with van der Waals surface area (Å²) in [5, 5.41) is 8.86. The molecule has 0 saturated heterocycles. The Hall–Kier alpha value is -3.00. The number of ether oxygens (including phenoxy) is 3. The molecular formula is C18H17NO4. The predicted octanol–water partition coefficient (Wildman–Crippen LogP) is 3.17. The molecule has 0 aliphatic heterocycles. The number of aryl methyl sites for hydroxylation is 1. The molecule has 0 N–H and O–H groups in total. The molecular weight excluding hydrogens is 294 g/mol. The Kier molecular flexibility index (Phi) is 5.21. The smallest absolute Gasteiger partial charge is 0.349 e. The van der Waals surface area contributed by atoms with E-state index in [9.17, 15) is 4.79 Å². The van der Waals surface area contributed by atoms with Gasteiger partial charge in [0.1, 0.15) is 5.75 Å². The van der Waals surface area contributed by atoms with Crippen LogP contribution in [0, 0.1) is 25.2 Å². The van der Waals surface area contributed by atoms with Gasteiger partial charge in [0.25, 0.3) is 0 Å². The zero-order chi connectivity index (χ0) is 16.8. The number of benzene rings is 2. The zero-order valence-corrected chi connectivity index (χ0v) is 13.3. The van der Waals surface area contributed by atoms with Gasteiger partial charge < -0.3 is 14.2 Å². The van der Waals surface area contributed by atoms with E-state index in [2.05, 4.69) is 0 Å². The first-order chi connectivity index (χ1) is 11.0. The summed E-state index contributed by atoms with van der Waals surface area (Å²) in [4.78, 5) is 11.9. The molecule has 0 aromatic heterocycles. The van der Waals surface area contributed by atoms with Gasteiger partial charge in [0, 0.05) is 6.07 Å². The van der Waals surface area contributed by atoms with Gasteiger partial charge in [-0.2, -0.15) is 5.26 Å². The quantitative estimate of drug-likeness (QED) is 0.626. The second-order valence-electron chi connectivity index (χ2n) is 4.94. The summed E-state index contributed by atoms with van der Waals surface area (Å²) >= 11 is 0. The van der Waals surface area contributed by atoms with Crippen LogP contribution in [0.4, 0.5) is 0 Å². The van der Waals surface area contributed by atoms with E-state index < -0.39 is 5.97 Å². The summed E-state index contributed by atoms with van der Waals surface area (Å²) < 4.78 is 15.8. The van der Waals surface area contributed by atoms with Gasteiger partial charge >= 0.3 is 5.97 Å². The average Bonchev–Trinajstić information content (AvgIpc) is 2.56. The number of carbonyl (C=O) groups is 1. The zero-order valence-electron chi connectivity index (χ0n) is 13.3. The number of nitriles is 1. The lowest BCUT2D eigenvalue weighted by Gasteiger charge is -2.12. The van der Waals surface area contributed by atoms with E-state index in [4.69, 9.17) is 19.5 Å². The van der Waals surface area contributed by atoms with Gasteiger partial charge in [0.05, 0.1) is 18.7 Å². The van der Waals surface area contributed by atoms with E-state index in [0.29, 0.717) is 17.1 Å². The molecule has 0 radical (unpaired) electrons. The van der Waals surface area contributed by atoms with Gasteiger partial charge in [-0.15, -0.1) is 0 Å². The minimum Gasteiger partial charge on any atom is -0.493 e. The highest BCUT2D eigenvalue weighted by molar-refractivity contribution is 5.75. The molecule has 0 aliphatic carbocycles. The fourth-order valence-corrected chi connectivity index (χ4v) is 1.99. The Morgan fingerprint density at radius 2 is 1.91 bits per heavy atom. The molecule has 2 aromatic rings. The topological polar surface area (TPSA) is 68.5 Å². The Morgan fingerprint density at radius 3 is 2.61 bits per heavy atom. The molecule has 0 atom stereocenters. The van der Waals surface area contributed by atoms with Crippen LogP contribution >= 0.6 is 0 Å². The second kappa shape index (κ2) is 7.32. The van der Waals surface area contributed by atoms with E-state index in [1.807, 2.05) is 32.0 Å². The highest BCUT2D eigenvalue weighted by Gasteiger charge is 2.12. The molecule has 0 unspecified atom stereocenters. The number of rotatable bonds is 5. The lowest BCUT2D eigenvalue weighted by atomic mass is 10.1. The molecule has 5 nitrogen and oxygen atoms in total. The Morgan fingerprint density at radius 1 is 1.13 bits per heavy atom. The second-order valence-corrected chi connectivity index (χ2v) is 4.94. The van der Waals surface area contributed by atoms with Crippen LogP contribution < -0.4 is 14.2 Å². The van der Waals surface area contributed by atoms with Crippen molar-refractivity contribution in [1.82, 2.24) is 0 Å². The molecule has 0 spiro atoms. The van der Waals surface area contributed by atoms with Gasteiger partial charge in [0.2, 0.25) is 0 Å². The summed E-state index contributed by atoms with van der Waals surface area (Å²) in [7, 11) is 1.44. The van der Waals surface area contributed by atoms with Crippen LogP contribution in [0.2, 0.25) is 0 Å². The minimum atomic E-state index is -0.547. The van der Waals surface area contributed by atoms with Crippen LogP contribution in [0.1, 0.15) is 16.7 Å². The fraction of sp³-hybridized carbons (Fsp3) is 0.222. The standard InChI is InChI=1S/C18H17NO4/c1-12-5-4-6-15(13(12)2)22-11-18(20)23-16-8-7-14(10-19)9-17(16)21-3/h4-9H,11H2,1-3H3. The first-order valence-corrected chi connectivity index (χ1v) is 7.03. The van der Waals surface area contributed by atoms with Crippen molar-refractivity contribution in [2.45, 2.75) is 13.8 Å². The third kappa shape index (κ3) is 4.01. The maximum absolute atomic E-state index is 11.9. The van der Waals surface area contributed by atoms with E-state index in [1.54, 1.807) is 12.1 Å². The van der Waals surface area contributed by atoms with E-state index in [0.717, 1.165) is 11.1 Å². The molecule has 0 bridgehead atoms. The van der Waals surface area contributed by atoms with Crippen molar-refractivity contribution in [3.8, 4) is 23.3 Å². The number of hydrogen-bond donors (Lipinski definition) is 0. The first kappa shape index (κ1) is 16.4. The lowest BCUT2D eigenvalue weighted by molar-refractivity contribution is -0.136. The minimum absolute atomic E-state index is 0.215. The molecule has 23 heavy (non-hydrogen) atoms. The largest absolute Gasteiger partial charge is 0.493 e. The Labute approximate surface area is 135 Å². The molecule has 0 heterocycles. The summed E-state index contributed by atoms with van der Waals surface area (Å²) in [5.41, 5.74) is 2.49. The molecule has 0 aliphatic rings. The first-order valence-electron chi connectivity index (χ1n) is 7.03. The van der Waals surface area contributed by atoms with Crippen LogP contribution in [-0.4, -0.2) is 19.7 Å². The Balaban J connectivity index is 2.03. The predicted molar refractivity (Wildman–Crippen MR) is 84.8 cm³/mol. The lowest BCUT2D eigenvalue weighted by Crippen LogP contribution is -2.18.